The second kappa shape index (κ2) is 7.56. The van der Waals surface area contributed by atoms with E-state index in [1.54, 1.807) is 0 Å². The number of aromatic nitrogens is 1. The third-order valence-corrected chi connectivity index (χ3v) is 8.91. The van der Waals surface area contributed by atoms with Gasteiger partial charge in [0.1, 0.15) is 31.4 Å². The fourth-order valence-electron chi connectivity index (χ4n) is 6.72. The van der Waals surface area contributed by atoms with Crippen molar-refractivity contribution >= 4 is 43.3 Å². The van der Waals surface area contributed by atoms with Gasteiger partial charge in [0.2, 0.25) is 5.91 Å². The molecule has 0 radical (unpaired) electrons. The third kappa shape index (κ3) is 3.71. The van der Waals surface area contributed by atoms with Gasteiger partial charge in [-0.3, -0.25) is 9.78 Å². The number of rotatable bonds is 4. The second-order valence-corrected chi connectivity index (χ2v) is 12.2. The predicted octanol–water partition coefficient (Wildman–Crippen LogP) is -2.08. The Morgan fingerprint density at radius 2 is 1.82 bits per heavy atom. The Morgan fingerprint density at radius 1 is 1.15 bits per heavy atom. The van der Waals surface area contributed by atoms with Gasteiger partial charge in [0.05, 0.1) is 13.2 Å². The van der Waals surface area contributed by atoms with Crippen molar-refractivity contribution in [3.05, 3.63) is 29.6 Å². The summed E-state index contributed by atoms with van der Waals surface area (Å²) in [6.45, 7) is 5.93. The lowest BCUT2D eigenvalue weighted by atomic mass is 9.57. The van der Waals surface area contributed by atoms with Crippen LogP contribution in [0.1, 0.15) is 43.7 Å². The van der Waals surface area contributed by atoms with Gasteiger partial charge in [-0.25, -0.2) is 4.79 Å². The van der Waals surface area contributed by atoms with Crippen molar-refractivity contribution in [3.63, 3.8) is 0 Å². The molecule has 0 aromatic carbocycles. The molecule has 3 aliphatic heterocycles. The summed E-state index contributed by atoms with van der Waals surface area (Å²) in [6, 6.07) is 2.03. The first-order chi connectivity index (χ1) is 15.5. The first-order valence-electron chi connectivity index (χ1n) is 12.4. The maximum absolute atomic E-state index is 13.4. The maximum Gasteiger partial charge on any atom is 0.316 e. The number of nitrogens with one attached hydrogen (secondary N) is 1. The Morgan fingerprint density at radius 3 is 2.42 bits per heavy atom. The smallest absolute Gasteiger partial charge is 0.316 e. The Bertz CT molecular complexity index is 941. The van der Waals surface area contributed by atoms with E-state index in [0.29, 0.717) is 37.5 Å². The maximum atomic E-state index is 13.4. The van der Waals surface area contributed by atoms with E-state index in [4.69, 9.17) is 4.74 Å². The standard InChI is InChI=1S/C22H34B4N4O3/c1-19(12-33-13-19)9-17(31)29-6-3-20(4-7-29)8-14(20)10-28-18(32)30-21(23,24)15-2-5-27-11-16(15)22(30,25)26/h2,5,11,14H,3-4,6-10,12-13,23-26H2,1H3,(H,28,32). The highest BCUT2D eigenvalue weighted by atomic mass is 16.5. The first kappa shape index (κ1) is 22.9. The van der Waals surface area contributed by atoms with Crippen LogP contribution in [0.3, 0.4) is 0 Å². The van der Waals surface area contributed by atoms with E-state index >= 15 is 0 Å². The van der Waals surface area contributed by atoms with Crippen LogP contribution in [0.4, 0.5) is 4.79 Å². The second-order valence-electron chi connectivity index (χ2n) is 12.2. The number of carbonyl (C=O) groups is 2. The van der Waals surface area contributed by atoms with Crippen LogP contribution in [0.25, 0.3) is 0 Å². The Hall–Kier alpha value is -1.89. The fourth-order valence-corrected chi connectivity index (χ4v) is 6.72. The Labute approximate surface area is 200 Å². The molecule has 5 rings (SSSR count). The number of piperidine rings is 1. The van der Waals surface area contributed by atoms with Crippen molar-refractivity contribution in [2.24, 2.45) is 16.7 Å². The lowest BCUT2D eigenvalue weighted by Gasteiger charge is -2.42. The average Bonchev–Trinajstić information content (AvgIpc) is 3.38. The molecule has 11 heteroatoms. The minimum absolute atomic E-state index is 0.00757. The lowest BCUT2D eigenvalue weighted by Crippen LogP contribution is -2.59. The molecular formula is C22H34B4N4O3. The van der Waals surface area contributed by atoms with E-state index in [1.807, 2.05) is 28.3 Å². The topological polar surface area (TPSA) is 74.8 Å². The van der Waals surface area contributed by atoms with Gasteiger partial charge in [0.15, 0.2) is 0 Å². The molecule has 1 saturated carbocycles. The summed E-state index contributed by atoms with van der Waals surface area (Å²) >= 11 is 0. The molecule has 1 aliphatic carbocycles. The predicted molar refractivity (Wildman–Crippen MR) is 137 cm³/mol. The largest absolute Gasteiger partial charge is 0.380 e. The number of pyridine rings is 1. The molecule has 2 saturated heterocycles. The number of hydrogen-bond acceptors (Lipinski definition) is 4. The molecule has 1 aromatic heterocycles. The van der Waals surface area contributed by atoms with Crippen LogP contribution in [-0.2, 0) is 20.2 Å². The van der Waals surface area contributed by atoms with Crippen LogP contribution in [0.5, 0.6) is 0 Å². The summed E-state index contributed by atoms with van der Waals surface area (Å²) in [7, 11) is 8.43. The number of nitrogens with zero attached hydrogens (tertiary/aromatic N) is 3. The third-order valence-electron chi connectivity index (χ3n) is 8.91. The summed E-state index contributed by atoms with van der Waals surface area (Å²) in [6.07, 6.45) is 7.54. The van der Waals surface area contributed by atoms with Crippen LogP contribution in [0, 0.1) is 16.7 Å². The fraction of sp³-hybridized carbons (Fsp3) is 0.682. The molecule has 1 unspecified atom stereocenters. The molecule has 172 valence electrons. The molecule has 4 aliphatic rings. The van der Waals surface area contributed by atoms with Gasteiger partial charge in [0, 0.05) is 54.5 Å². The number of hydrogen-bond donors (Lipinski definition) is 1. The highest BCUT2D eigenvalue weighted by Crippen LogP contribution is 2.59. The van der Waals surface area contributed by atoms with Gasteiger partial charge in [-0.1, -0.05) is 6.92 Å². The first-order valence-corrected chi connectivity index (χ1v) is 12.4. The SMILES string of the molecule is BC1(B)c2ccncc2C(B)(B)N1C(=O)NCC1CC12CCN(C(=O)CC1(C)COC1)CC2. The molecule has 1 atom stereocenters. The van der Waals surface area contributed by atoms with Crippen LogP contribution >= 0.6 is 0 Å². The Kier molecular flexibility index (Phi) is 5.24. The zero-order valence-electron chi connectivity index (χ0n) is 20.7. The van der Waals surface area contributed by atoms with Crippen molar-refractivity contribution in [3.8, 4) is 0 Å². The highest BCUT2D eigenvalue weighted by Gasteiger charge is 2.56. The van der Waals surface area contributed by atoms with E-state index in [9.17, 15) is 9.59 Å². The number of likely N-dealkylation sites (tertiary alicyclic amines) is 1. The van der Waals surface area contributed by atoms with Crippen LogP contribution < -0.4 is 5.32 Å². The quantitative estimate of drug-likeness (QED) is 0.540. The summed E-state index contributed by atoms with van der Waals surface area (Å²) < 4.78 is 5.30. The number of ether oxygens (including phenoxy) is 1. The van der Waals surface area contributed by atoms with Gasteiger partial charge < -0.3 is 19.9 Å². The van der Waals surface area contributed by atoms with E-state index in [2.05, 4.69) is 48.6 Å². The number of urea groups is 1. The molecule has 3 amide bonds. The lowest BCUT2D eigenvalue weighted by molar-refractivity contribution is -0.149. The van der Waals surface area contributed by atoms with Crippen molar-refractivity contribution in [1.29, 1.82) is 0 Å². The zero-order chi connectivity index (χ0) is 23.6. The van der Waals surface area contributed by atoms with Gasteiger partial charge in [0.25, 0.3) is 0 Å². The molecule has 33 heavy (non-hydrogen) atoms. The number of fused-ring (bicyclic) bond motifs is 1. The van der Waals surface area contributed by atoms with Crippen molar-refractivity contribution in [2.45, 2.75) is 43.3 Å². The summed E-state index contributed by atoms with van der Waals surface area (Å²) in [5.74, 6) is 0.780. The van der Waals surface area contributed by atoms with E-state index in [1.165, 1.54) is 5.56 Å². The van der Waals surface area contributed by atoms with Crippen molar-refractivity contribution < 1.29 is 14.3 Å². The Balaban J connectivity index is 1.15. The van der Waals surface area contributed by atoms with Gasteiger partial charge in [-0.2, -0.15) is 0 Å². The number of carbonyl (C=O) groups excluding carboxylic acids is 2. The van der Waals surface area contributed by atoms with Crippen LogP contribution in [-0.4, -0.2) is 91.0 Å². The molecule has 1 N–H and O–H groups in total. The van der Waals surface area contributed by atoms with Gasteiger partial charge >= 0.3 is 6.03 Å². The van der Waals surface area contributed by atoms with E-state index in [-0.39, 0.29) is 22.7 Å². The van der Waals surface area contributed by atoms with Gasteiger partial charge in [-0.05, 0) is 47.8 Å². The number of amides is 3. The average molecular weight is 446 g/mol. The minimum atomic E-state index is -0.410. The summed E-state index contributed by atoms with van der Waals surface area (Å²) in [5, 5.41) is 2.46. The van der Waals surface area contributed by atoms with Crippen LogP contribution in [0.2, 0.25) is 0 Å². The van der Waals surface area contributed by atoms with E-state index in [0.717, 1.165) is 37.9 Å². The molecule has 3 fully saturated rings. The summed E-state index contributed by atoms with van der Waals surface area (Å²) in [4.78, 5) is 34.4. The molecule has 7 nitrogen and oxygen atoms in total. The molecule has 4 heterocycles. The normalized spacial score (nSPS) is 27.5. The molecule has 1 spiro atoms. The molecular weight excluding hydrogens is 412 g/mol. The van der Waals surface area contributed by atoms with Crippen molar-refractivity contribution in [1.82, 2.24) is 20.1 Å². The highest BCUT2D eigenvalue weighted by molar-refractivity contribution is 6.47. The zero-order valence-corrected chi connectivity index (χ0v) is 20.7. The van der Waals surface area contributed by atoms with E-state index < -0.39 is 5.34 Å². The molecule has 1 aromatic rings. The summed E-state index contributed by atoms with van der Waals surface area (Å²) in [5.41, 5.74) is 2.62. The minimum Gasteiger partial charge on any atom is -0.380 e. The monoisotopic (exact) mass is 446 g/mol. The van der Waals surface area contributed by atoms with Crippen LogP contribution in [0.15, 0.2) is 18.5 Å². The molecule has 0 bridgehead atoms. The van der Waals surface area contributed by atoms with Gasteiger partial charge in [-0.15, -0.1) is 0 Å². The van der Waals surface area contributed by atoms with Crippen molar-refractivity contribution in [2.75, 3.05) is 32.8 Å².